The number of hydrazine groups is 1. The number of phenols is 1. The Labute approximate surface area is 178 Å². The zero-order chi connectivity index (χ0) is 21.7. The molecule has 30 heavy (non-hydrogen) atoms. The third-order valence-corrected chi connectivity index (χ3v) is 5.15. The normalized spacial score (nSPS) is 10.5. The molecule has 0 aliphatic rings. The van der Waals surface area contributed by atoms with Gasteiger partial charge in [-0.25, -0.2) is 9.97 Å². The topological polar surface area (TPSA) is 104 Å². The van der Waals surface area contributed by atoms with Crippen LogP contribution in [0, 0.1) is 20.8 Å². The summed E-state index contributed by atoms with van der Waals surface area (Å²) in [5.41, 5.74) is 8.88. The molecular weight excluding hydrogens is 400 g/mol. The number of aryl methyl sites for hydroxylation is 3. The van der Waals surface area contributed by atoms with Crippen molar-refractivity contribution in [1.82, 2.24) is 20.8 Å². The van der Waals surface area contributed by atoms with Crippen molar-refractivity contribution in [3.8, 4) is 5.75 Å². The second-order valence-corrected chi connectivity index (χ2v) is 7.79. The molecule has 1 aromatic heterocycles. The van der Waals surface area contributed by atoms with E-state index in [1.807, 2.05) is 32.0 Å². The lowest BCUT2D eigenvalue weighted by Crippen LogP contribution is -2.41. The van der Waals surface area contributed by atoms with Crippen LogP contribution < -0.4 is 10.9 Å². The predicted molar refractivity (Wildman–Crippen MR) is 115 cm³/mol. The summed E-state index contributed by atoms with van der Waals surface area (Å²) >= 11 is 1.53. The van der Waals surface area contributed by atoms with Gasteiger partial charge in [-0.1, -0.05) is 35.5 Å². The van der Waals surface area contributed by atoms with Gasteiger partial charge in [-0.15, -0.1) is 0 Å². The molecule has 0 aliphatic heterocycles. The van der Waals surface area contributed by atoms with E-state index < -0.39 is 11.8 Å². The highest BCUT2D eigenvalue weighted by atomic mass is 32.2. The van der Waals surface area contributed by atoms with Crippen molar-refractivity contribution in [3.05, 3.63) is 82.2 Å². The van der Waals surface area contributed by atoms with Crippen LogP contribution in [0.3, 0.4) is 0 Å². The van der Waals surface area contributed by atoms with Crippen molar-refractivity contribution >= 4 is 23.6 Å². The predicted octanol–water partition coefficient (Wildman–Crippen LogP) is 3.47. The lowest BCUT2D eigenvalue weighted by molar-refractivity contribution is 0.0845. The van der Waals surface area contributed by atoms with Gasteiger partial charge in [0.25, 0.3) is 11.8 Å². The van der Waals surface area contributed by atoms with E-state index in [0.717, 1.165) is 27.7 Å². The van der Waals surface area contributed by atoms with E-state index in [2.05, 4.69) is 20.8 Å². The second-order valence-electron chi connectivity index (χ2n) is 6.85. The number of carbonyl (C=O) groups is 2. The zero-order valence-corrected chi connectivity index (χ0v) is 17.7. The number of phenolic OH excluding ortho intramolecular Hbond substituents is 1. The van der Waals surface area contributed by atoms with Gasteiger partial charge >= 0.3 is 0 Å². The molecule has 8 heteroatoms. The van der Waals surface area contributed by atoms with Crippen molar-refractivity contribution in [3.63, 3.8) is 0 Å². The molecule has 3 aromatic rings. The number of amides is 2. The molecule has 0 spiro atoms. The van der Waals surface area contributed by atoms with Gasteiger partial charge in [0.1, 0.15) is 5.75 Å². The molecular formula is C22H22N4O3S. The molecule has 7 nitrogen and oxygen atoms in total. The second kappa shape index (κ2) is 9.41. The van der Waals surface area contributed by atoms with Crippen molar-refractivity contribution in [2.24, 2.45) is 0 Å². The summed E-state index contributed by atoms with van der Waals surface area (Å²) in [5, 5.41) is 10.5. The molecule has 154 valence electrons. The molecule has 2 amide bonds. The Hall–Kier alpha value is -3.39. The average molecular weight is 423 g/mol. The summed E-state index contributed by atoms with van der Waals surface area (Å²) < 4.78 is 0. The Kier molecular flexibility index (Phi) is 6.68. The first-order chi connectivity index (χ1) is 14.3. The van der Waals surface area contributed by atoms with Crippen LogP contribution >= 0.6 is 11.8 Å². The monoisotopic (exact) mass is 422 g/mol. The minimum atomic E-state index is -0.592. The van der Waals surface area contributed by atoms with Crippen molar-refractivity contribution in [2.45, 2.75) is 31.7 Å². The van der Waals surface area contributed by atoms with Crippen LogP contribution in [0.25, 0.3) is 0 Å². The van der Waals surface area contributed by atoms with Gasteiger partial charge in [0.15, 0.2) is 5.16 Å². The fourth-order valence-corrected chi connectivity index (χ4v) is 3.65. The maximum Gasteiger partial charge on any atom is 0.273 e. The Morgan fingerprint density at radius 3 is 2.20 bits per heavy atom. The van der Waals surface area contributed by atoms with E-state index in [1.165, 1.54) is 17.8 Å². The highest BCUT2D eigenvalue weighted by Crippen LogP contribution is 2.20. The maximum absolute atomic E-state index is 12.3. The summed E-state index contributed by atoms with van der Waals surface area (Å²) in [6.45, 7) is 5.68. The summed E-state index contributed by atoms with van der Waals surface area (Å²) in [6.07, 6.45) is 0. The van der Waals surface area contributed by atoms with Gasteiger partial charge in [0.05, 0.1) is 5.56 Å². The molecule has 2 aromatic carbocycles. The number of hydrogen-bond donors (Lipinski definition) is 3. The number of thioether (sulfide) groups is 1. The van der Waals surface area contributed by atoms with Gasteiger partial charge < -0.3 is 5.11 Å². The van der Waals surface area contributed by atoms with Crippen molar-refractivity contribution in [1.29, 1.82) is 0 Å². The molecule has 1 heterocycles. The van der Waals surface area contributed by atoms with Crippen molar-refractivity contribution in [2.75, 3.05) is 0 Å². The van der Waals surface area contributed by atoms with Crippen LogP contribution in [0.5, 0.6) is 5.75 Å². The van der Waals surface area contributed by atoms with E-state index >= 15 is 0 Å². The van der Waals surface area contributed by atoms with Crippen LogP contribution in [0.1, 0.15) is 43.2 Å². The molecule has 3 N–H and O–H groups in total. The minimum Gasteiger partial charge on any atom is -0.507 e. The fourth-order valence-electron chi connectivity index (χ4n) is 2.74. The number of aromatic hydroxyl groups is 1. The molecule has 0 aliphatic carbocycles. The van der Waals surface area contributed by atoms with Gasteiger partial charge in [0, 0.05) is 22.7 Å². The number of nitrogens with zero attached hydrogens (tertiary/aromatic N) is 2. The molecule has 0 fully saturated rings. The van der Waals surface area contributed by atoms with Crippen LogP contribution in [-0.2, 0) is 5.75 Å². The Morgan fingerprint density at radius 1 is 0.900 bits per heavy atom. The Morgan fingerprint density at radius 2 is 1.53 bits per heavy atom. The molecule has 3 rings (SSSR count). The molecule has 0 atom stereocenters. The third-order valence-electron chi connectivity index (χ3n) is 4.23. The molecule has 0 saturated carbocycles. The lowest BCUT2D eigenvalue weighted by Gasteiger charge is -2.09. The number of rotatable bonds is 5. The first-order valence-corrected chi connectivity index (χ1v) is 10.2. The molecule has 0 unspecified atom stereocenters. The van der Waals surface area contributed by atoms with Gasteiger partial charge in [-0.3, -0.25) is 20.4 Å². The highest BCUT2D eigenvalue weighted by molar-refractivity contribution is 7.98. The number of aromatic nitrogens is 2. The van der Waals surface area contributed by atoms with E-state index in [9.17, 15) is 14.7 Å². The van der Waals surface area contributed by atoms with Gasteiger partial charge in [0.2, 0.25) is 0 Å². The fraction of sp³-hybridized carbons (Fsp3) is 0.182. The quantitative estimate of drug-likeness (QED) is 0.330. The zero-order valence-electron chi connectivity index (χ0n) is 16.9. The minimum absolute atomic E-state index is 0.0938. The number of benzene rings is 2. The van der Waals surface area contributed by atoms with Crippen LogP contribution in [-0.4, -0.2) is 26.9 Å². The number of hydrogen-bond acceptors (Lipinski definition) is 6. The molecule has 0 saturated heterocycles. The van der Waals surface area contributed by atoms with Gasteiger partial charge in [-0.2, -0.15) is 0 Å². The first-order valence-electron chi connectivity index (χ1n) is 9.26. The van der Waals surface area contributed by atoms with Crippen LogP contribution in [0.15, 0.2) is 53.7 Å². The summed E-state index contributed by atoms with van der Waals surface area (Å²) in [4.78, 5) is 33.3. The van der Waals surface area contributed by atoms with E-state index in [4.69, 9.17) is 0 Å². The highest BCUT2D eigenvalue weighted by Gasteiger charge is 2.13. The smallest absolute Gasteiger partial charge is 0.273 e. The number of nitrogens with one attached hydrogen (secondary N) is 2. The SMILES string of the molecule is Cc1ccc(O)c(C(=O)NNC(=O)c2ccc(CSc3nc(C)cc(C)n3)cc2)c1. The Bertz CT molecular complexity index is 1060. The summed E-state index contributed by atoms with van der Waals surface area (Å²) in [7, 11) is 0. The lowest BCUT2D eigenvalue weighted by atomic mass is 10.1. The van der Waals surface area contributed by atoms with E-state index in [1.54, 1.807) is 31.2 Å². The van der Waals surface area contributed by atoms with Gasteiger partial charge in [-0.05, 0) is 56.7 Å². The largest absolute Gasteiger partial charge is 0.507 e. The van der Waals surface area contributed by atoms with E-state index in [0.29, 0.717) is 11.3 Å². The van der Waals surface area contributed by atoms with Crippen LogP contribution in [0.4, 0.5) is 0 Å². The summed E-state index contributed by atoms with van der Waals surface area (Å²) in [5.74, 6) is -0.519. The van der Waals surface area contributed by atoms with Crippen molar-refractivity contribution < 1.29 is 14.7 Å². The van der Waals surface area contributed by atoms with Crippen LogP contribution in [0.2, 0.25) is 0 Å². The Balaban J connectivity index is 1.55. The maximum atomic E-state index is 12.3. The van der Waals surface area contributed by atoms with E-state index in [-0.39, 0.29) is 11.3 Å². The third kappa shape index (κ3) is 5.57. The average Bonchev–Trinajstić information content (AvgIpc) is 2.71. The number of carbonyl (C=O) groups excluding carboxylic acids is 2. The summed E-state index contributed by atoms with van der Waals surface area (Å²) in [6, 6.07) is 13.7. The molecule has 0 radical (unpaired) electrons. The molecule has 0 bridgehead atoms. The first kappa shape index (κ1) is 21.3. The standard InChI is InChI=1S/C22H22N4O3S/c1-13-4-9-19(27)18(10-13)21(29)26-25-20(28)17-7-5-16(6-8-17)12-30-22-23-14(2)11-15(3)24-22/h4-11,27H,12H2,1-3H3,(H,25,28)(H,26,29).